The second kappa shape index (κ2) is 6.89. The standard InChI is InChI=1S/C14H17N3OS/c1-15-14-17-12(10-19-14)9-16-13(18)8-7-11-5-3-2-4-6-11/h2-6,10H,7-9H2,1H3,(H,15,17)(H,16,18). The number of carbonyl (C=O) groups excluding carboxylic acids is 1. The maximum Gasteiger partial charge on any atom is 0.220 e. The molecule has 0 radical (unpaired) electrons. The molecule has 0 saturated heterocycles. The number of thiazole rings is 1. The van der Waals surface area contributed by atoms with Gasteiger partial charge in [-0.3, -0.25) is 4.79 Å². The summed E-state index contributed by atoms with van der Waals surface area (Å²) in [6.07, 6.45) is 1.28. The number of carbonyl (C=O) groups is 1. The zero-order chi connectivity index (χ0) is 13.5. The Morgan fingerprint density at radius 1 is 1.32 bits per heavy atom. The fourth-order valence-corrected chi connectivity index (χ4v) is 2.35. The molecule has 0 aliphatic heterocycles. The SMILES string of the molecule is CNc1nc(CNC(=O)CCc2ccccc2)cs1. The van der Waals surface area contributed by atoms with Gasteiger partial charge in [0.15, 0.2) is 5.13 Å². The van der Waals surface area contributed by atoms with Gasteiger partial charge in [-0.05, 0) is 12.0 Å². The van der Waals surface area contributed by atoms with E-state index < -0.39 is 0 Å². The first-order valence-electron chi connectivity index (χ1n) is 6.20. The monoisotopic (exact) mass is 275 g/mol. The molecule has 1 heterocycles. The van der Waals surface area contributed by atoms with Gasteiger partial charge in [0.1, 0.15) is 0 Å². The van der Waals surface area contributed by atoms with Crippen LogP contribution in [-0.4, -0.2) is 17.9 Å². The Morgan fingerprint density at radius 3 is 2.79 bits per heavy atom. The summed E-state index contributed by atoms with van der Waals surface area (Å²) in [5, 5.41) is 8.68. The molecular weight excluding hydrogens is 258 g/mol. The van der Waals surface area contributed by atoms with Crippen LogP contribution in [0.3, 0.4) is 0 Å². The fraction of sp³-hybridized carbons (Fsp3) is 0.286. The Balaban J connectivity index is 1.73. The topological polar surface area (TPSA) is 54.0 Å². The summed E-state index contributed by atoms with van der Waals surface area (Å²) >= 11 is 1.54. The number of nitrogens with one attached hydrogen (secondary N) is 2. The summed E-state index contributed by atoms with van der Waals surface area (Å²) in [5.74, 6) is 0.0582. The number of hydrogen-bond acceptors (Lipinski definition) is 4. The van der Waals surface area contributed by atoms with Crippen LogP contribution in [0.2, 0.25) is 0 Å². The molecule has 0 spiro atoms. The molecule has 0 bridgehead atoms. The normalized spacial score (nSPS) is 10.2. The number of aryl methyl sites for hydroxylation is 1. The molecule has 1 aromatic carbocycles. The molecule has 0 aliphatic rings. The van der Waals surface area contributed by atoms with Crippen LogP contribution in [0.5, 0.6) is 0 Å². The lowest BCUT2D eigenvalue weighted by Gasteiger charge is -2.03. The molecular formula is C14H17N3OS. The molecule has 1 aromatic heterocycles. The van der Waals surface area contributed by atoms with E-state index >= 15 is 0 Å². The van der Waals surface area contributed by atoms with Gasteiger partial charge in [-0.2, -0.15) is 0 Å². The number of aromatic nitrogens is 1. The quantitative estimate of drug-likeness (QED) is 0.851. The Labute approximate surface area is 116 Å². The lowest BCUT2D eigenvalue weighted by Crippen LogP contribution is -2.23. The van der Waals surface area contributed by atoms with Crippen molar-refractivity contribution in [3.8, 4) is 0 Å². The first-order valence-corrected chi connectivity index (χ1v) is 7.08. The summed E-state index contributed by atoms with van der Waals surface area (Å²) in [6, 6.07) is 10.0. The zero-order valence-electron chi connectivity index (χ0n) is 10.8. The highest BCUT2D eigenvalue weighted by Gasteiger charge is 2.04. The van der Waals surface area contributed by atoms with Crippen molar-refractivity contribution in [2.45, 2.75) is 19.4 Å². The van der Waals surface area contributed by atoms with E-state index in [2.05, 4.69) is 15.6 Å². The maximum atomic E-state index is 11.7. The molecule has 2 aromatic rings. The number of anilines is 1. The Kier molecular flexibility index (Phi) is 4.92. The molecule has 0 saturated carbocycles. The summed E-state index contributed by atoms with van der Waals surface area (Å²) in [5.41, 5.74) is 2.08. The van der Waals surface area contributed by atoms with Gasteiger partial charge in [0.2, 0.25) is 5.91 Å². The second-order valence-electron chi connectivity index (χ2n) is 4.16. The van der Waals surface area contributed by atoms with Gasteiger partial charge in [-0.1, -0.05) is 30.3 Å². The lowest BCUT2D eigenvalue weighted by atomic mass is 10.1. The number of nitrogens with zero attached hydrogens (tertiary/aromatic N) is 1. The summed E-state index contributed by atoms with van der Waals surface area (Å²) in [6.45, 7) is 0.492. The van der Waals surface area contributed by atoms with Crippen LogP contribution in [0.4, 0.5) is 5.13 Å². The average molecular weight is 275 g/mol. The Hall–Kier alpha value is -1.88. The van der Waals surface area contributed by atoms with Crippen molar-refractivity contribution in [1.82, 2.24) is 10.3 Å². The largest absolute Gasteiger partial charge is 0.365 e. The lowest BCUT2D eigenvalue weighted by molar-refractivity contribution is -0.121. The highest BCUT2D eigenvalue weighted by atomic mass is 32.1. The van der Waals surface area contributed by atoms with Crippen molar-refractivity contribution in [2.75, 3.05) is 12.4 Å². The van der Waals surface area contributed by atoms with E-state index in [1.54, 1.807) is 0 Å². The minimum absolute atomic E-state index is 0.0582. The predicted octanol–water partition coefficient (Wildman–Crippen LogP) is 2.43. The van der Waals surface area contributed by atoms with Gasteiger partial charge in [-0.25, -0.2) is 4.98 Å². The van der Waals surface area contributed by atoms with Gasteiger partial charge >= 0.3 is 0 Å². The van der Waals surface area contributed by atoms with Crippen molar-refractivity contribution in [2.24, 2.45) is 0 Å². The third kappa shape index (κ3) is 4.37. The molecule has 0 unspecified atom stereocenters. The van der Waals surface area contributed by atoms with Crippen LogP contribution in [0.25, 0.3) is 0 Å². The van der Waals surface area contributed by atoms with Gasteiger partial charge in [0.25, 0.3) is 0 Å². The molecule has 0 aliphatic carbocycles. The van der Waals surface area contributed by atoms with Crippen molar-refractivity contribution < 1.29 is 4.79 Å². The molecule has 2 N–H and O–H groups in total. The Bertz CT molecular complexity index is 524. The molecule has 2 rings (SSSR count). The third-order valence-corrected chi connectivity index (χ3v) is 3.62. The van der Waals surface area contributed by atoms with Crippen LogP contribution in [0.1, 0.15) is 17.7 Å². The smallest absolute Gasteiger partial charge is 0.220 e. The van der Waals surface area contributed by atoms with Crippen molar-refractivity contribution in [3.63, 3.8) is 0 Å². The van der Waals surface area contributed by atoms with Crippen LogP contribution >= 0.6 is 11.3 Å². The van der Waals surface area contributed by atoms with Gasteiger partial charge in [-0.15, -0.1) is 11.3 Å². The van der Waals surface area contributed by atoms with Gasteiger partial charge in [0.05, 0.1) is 12.2 Å². The highest BCUT2D eigenvalue weighted by Crippen LogP contribution is 2.13. The summed E-state index contributed by atoms with van der Waals surface area (Å²) in [4.78, 5) is 16.0. The number of hydrogen-bond donors (Lipinski definition) is 2. The van der Waals surface area contributed by atoms with Crippen molar-refractivity contribution >= 4 is 22.4 Å². The maximum absolute atomic E-state index is 11.7. The zero-order valence-corrected chi connectivity index (χ0v) is 11.7. The molecule has 5 heteroatoms. The molecule has 4 nitrogen and oxygen atoms in total. The van der Waals surface area contributed by atoms with E-state index in [-0.39, 0.29) is 5.91 Å². The van der Waals surface area contributed by atoms with E-state index in [1.165, 1.54) is 16.9 Å². The van der Waals surface area contributed by atoms with E-state index in [0.29, 0.717) is 13.0 Å². The second-order valence-corrected chi connectivity index (χ2v) is 5.01. The van der Waals surface area contributed by atoms with Crippen LogP contribution < -0.4 is 10.6 Å². The summed E-state index contributed by atoms with van der Waals surface area (Å²) < 4.78 is 0. The molecule has 19 heavy (non-hydrogen) atoms. The van der Waals surface area contributed by atoms with Crippen LogP contribution in [0.15, 0.2) is 35.7 Å². The number of amides is 1. The van der Waals surface area contributed by atoms with E-state index in [0.717, 1.165) is 17.2 Å². The fourth-order valence-electron chi connectivity index (χ4n) is 1.68. The van der Waals surface area contributed by atoms with E-state index in [1.807, 2.05) is 42.8 Å². The first-order chi connectivity index (χ1) is 9.28. The number of benzene rings is 1. The van der Waals surface area contributed by atoms with Crippen molar-refractivity contribution in [3.05, 3.63) is 47.0 Å². The third-order valence-electron chi connectivity index (χ3n) is 2.72. The minimum atomic E-state index is 0.0582. The molecule has 1 amide bonds. The molecule has 100 valence electrons. The van der Waals surface area contributed by atoms with Crippen LogP contribution in [-0.2, 0) is 17.8 Å². The predicted molar refractivity (Wildman–Crippen MR) is 78.3 cm³/mol. The minimum Gasteiger partial charge on any atom is -0.365 e. The number of rotatable bonds is 6. The average Bonchev–Trinajstić information content (AvgIpc) is 2.92. The molecule has 0 atom stereocenters. The Morgan fingerprint density at radius 2 is 2.11 bits per heavy atom. The van der Waals surface area contributed by atoms with E-state index in [9.17, 15) is 4.79 Å². The van der Waals surface area contributed by atoms with Gasteiger partial charge < -0.3 is 10.6 Å². The first kappa shape index (κ1) is 13.5. The van der Waals surface area contributed by atoms with Gasteiger partial charge in [0, 0.05) is 18.8 Å². The highest BCUT2D eigenvalue weighted by molar-refractivity contribution is 7.13. The van der Waals surface area contributed by atoms with Crippen molar-refractivity contribution in [1.29, 1.82) is 0 Å². The van der Waals surface area contributed by atoms with E-state index in [4.69, 9.17) is 0 Å². The summed E-state index contributed by atoms with van der Waals surface area (Å²) in [7, 11) is 1.83. The molecule has 0 fully saturated rings. The van der Waals surface area contributed by atoms with Crippen LogP contribution in [0, 0.1) is 0 Å².